The van der Waals surface area contributed by atoms with E-state index in [1.165, 1.54) is 0 Å². The van der Waals surface area contributed by atoms with E-state index in [2.05, 4.69) is 5.32 Å². The van der Waals surface area contributed by atoms with Crippen molar-refractivity contribution in [1.82, 2.24) is 5.32 Å². The van der Waals surface area contributed by atoms with Crippen molar-refractivity contribution in [1.29, 1.82) is 0 Å². The number of nitrogens with zero attached hydrogens (tertiary/aromatic N) is 1. The van der Waals surface area contributed by atoms with Gasteiger partial charge in [-0.2, -0.15) is 0 Å². The quantitative estimate of drug-likeness (QED) is 0.915. The summed E-state index contributed by atoms with van der Waals surface area (Å²) in [6.45, 7) is 1.95. The minimum atomic E-state index is -0.169. The number of nitrogens with one attached hydrogen (secondary N) is 1. The third kappa shape index (κ3) is 3.48. The zero-order chi connectivity index (χ0) is 17.1. The van der Waals surface area contributed by atoms with E-state index in [0.29, 0.717) is 11.3 Å². The SMILES string of the molecule is CC(NC(=O)c1ccccc1N(C)C(=O)C1CC1)c1ccccc1. The van der Waals surface area contributed by atoms with Crippen molar-refractivity contribution >= 4 is 17.5 Å². The van der Waals surface area contributed by atoms with Gasteiger partial charge in [-0.05, 0) is 37.5 Å². The normalized spacial score (nSPS) is 14.8. The predicted octanol–water partition coefficient (Wildman–Crippen LogP) is 3.55. The second-order valence-electron chi connectivity index (χ2n) is 6.29. The summed E-state index contributed by atoms with van der Waals surface area (Å²) in [7, 11) is 1.74. The number of rotatable bonds is 5. The maximum atomic E-state index is 12.7. The Balaban J connectivity index is 1.78. The predicted molar refractivity (Wildman–Crippen MR) is 94.9 cm³/mol. The average Bonchev–Trinajstić information content (AvgIpc) is 3.46. The molecule has 0 spiro atoms. The molecule has 4 nitrogen and oxygen atoms in total. The Morgan fingerprint density at radius 3 is 2.33 bits per heavy atom. The van der Waals surface area contributed by atoms with E-state index in [4.69, 9.17) is 0 Å². The van der Waals surface area contributed by atoms with Gasteiger partial charge in [0.15, 0.2) is 0 Å². The van der Waals surface area contributed by atoms with E-state index >= 15 is 0 Å². The Morgan fingerprint density at radius 2 is 1.67 bits per heavy atom. The molecule has 2 aromatic rings. The number of carbonyl (C=O) groups excluding carboxylic acids is 2. The molecule has 2 amide bonds. The van der Waals surface area contributed by atoms with Gasteiger partial charge in [-0.25, -0.2) is 0 Å². The fourth-order valence-corrected chi connectivity index (χ4v) is 2.78. The topological polar surface area (TPSA) is 49.4 Å². The maximum Gasteiger partial charge on any atom is 0.253 e. The van der Waals surface area contributed by atoms with Gasteiger partial charge in [0.05, 0.1) is 17.3 Å². The van der Waals surface area contributed by atoms with Crippen LogP contribution >= 0.6 is 0 Å². The molecule has 124 valence electrons. The summed E-state index contributed by atoms with van der Waals surface area (Å²) >= 11 is 0. The third-order valence-electron chi connectivity index (χ3n) is 4.41. The molecule has 3 rings (SSSR count). The molecule has 1 aliphatic rings. The standard InChI is InChI=1S/C20H22N2O2/c1-14(15-8-4-3-5-9-15)21-19(23)17-10-6-7-11-18(17)22(2)20(24)16-12-13-16/h3-11,14,16H,12-13H2,1-2H3,(H,21,23). The Kier molecular flexibility index (Phi) is 4.65. The molecule has 1 N–H and O–H groups in total. The van der Waals surface area contributed by atoms with Crippen LogP contribution in [0.25, 0.3) is 0 Å². The van der Waals surface area contributed by atoms with Crippen LogP contribution in [-0.2, 0) is 4.79 Å². The van der Waals surface area contributed by atoms with Gasteiger partial charge in [0, 0.05) is 13.0 Å². The molecule has 24 heavy (non-hydrogen) atoms. The molecule has 0 saturated heterocycles. The highest BCUT2D eigenvalue weighted by molar-refractivity contribution is 6.05. The van der Waals surface area contributed by atoms with Crippen molar-refractivity contribution in [3.8, 4) is 0 Å². The number of para-hydroxylation sites is 1. The van der Waals surface area contributed by atoms with Gasteiger partial charge >= 0.3 is 0 Å². The van der Waals surface area contributed by atoms with Gasteiger partial charge in [-0.3, -0.25) is 9.59 Å². The second-order valence-corrected chi connectivity index (χ2v) is 6.29. The largest absolute Gasteiger partial charge is 0.345 e. The van der Waals surface area contributed by atoms with E-state index in [-0.39, 0.29) is 23.8 Å². The van der Waals surface area contributed by atoms with Crippen LogP contribution in [0.4, 0.5) is 5.69 Å². The lowest BCUT2D eigenvalue weighted by Crippen LogP contribution is -2.32. The molecule has 0 radical (unpaired) electrons. The van der Waals surface area contributed by atoms with Gasteiger partial charge in [0.1, 0.15) is 0 Å². The number of carbonyl (C=O) groups is 2. The number of hydrogen-bond donors (Lipinski definition) is 1. The van der Waals surface area contributed by atoms with Crippen LogP contribution in [0.1, 0.15) is 41.7 Å². The van der Waals surface area contributed by atoms with Crippen molar-refractivity contribution < 1.29 is 9.59 Å². The van der Waals surface area contributed by atoms with Crippen molar-refractivity contribution in [2.24, 2.45) is 5.92 Å². The summed E-state index contributed by atoms with van der Waals surface area (Å²) in [5.74, 6) is 0.0399. The summed E-state index contributed by atoms with van der Waals surface area (Å²) in [5, 5.41) is 3.01. The highest BCUT2D eigenvalue weighted by Gasteiger charge is 2.33. The number of anilines is 1. The second kappa shape index (κ2) is 6.87. The minimum absolute atomic E-state index is 0.0892. The molecule has 1 saturated carbocycles. The van der Waals surface area contributed by atoms with E-state index in [9.17, 15) is 9.59 Å². The Morgan fingerprint density at radius 1 is 1.04 bits per heavy atom. The molecule has 0 bridgehead atoms. The lowest BCUT2D eigenvalue weighted by Gasteiger charge is -2.21. The van der Waals surface area contributed by atoms with Gasteiger partial charge < -0.3 is 10.2 Å². The Bertz CT molecular complexity index is 738. The average molecular weight is 322 g/mol. The Labute approximate surface area is 142 Å². The molecule has 4 heteroatoms. The zero-order valence-corrected chi connectivity index (χ0v) is 14.0. The number of amides is 2. The minimum Gasteiger partial charge on any atom is -0.345 e. The van der Waals surface area contributed by atoms with E-state index in [1.54, 1.807) is 18.0 Å². The summed E-state index contributed by atoms with van der Waals surface area (Å²) in [5.41, 5.74) is 2.23. The molecule has 0 aromatic heterocycles. The summed E-state index contributed by atoms with van der Waals surface area (Å²) < 4.78 is 0. The monoisotopic (exact) mass is 322 g/mol. The molecule has 1 fully saturated rings. The maximum absolute atomic E-state index is 12.7. The lowest BCUT2D eigenvalue weighted by atomic mass is 10.1. The summed E-state index contributed by atoms with van der Waals surface area (Å²) in [4.78, 5) is 26.6. The van der Waals surface area contributed by atoms with Crippen LogP contribution in [0.15, 0.2) is 54.6 Å². The van der Waals surface area contributed by atoms with Crippen LogP contribution in [0.2, 0.25) is 0 Å². The van der Waals surface area contributed by atoms with Gasteiger partial charge in [0.2, 0.25) is 5.91 Å². The molecular weight excluding hydrogens is 300 g/mol. The van der Waals surface area contributed by atoms with Crippen LogP contribution in [0.5, 0.6) is 0 Å². The van der Waals surface area contributed by atoms with Crippen LogP contribution in [0.3, 0.4) is 0 Å². The molecule has 1 aliphatic carbocycles. The van der Waals surface area contributed by atoms with E-state index < -0.39 is 0 Å². The van der Waals surface area contributed by atoms with Crippen LogP contribution in [0, 0.1) is 5.92 Å². The first-order valence-corrected chi connectivity index (χ1v) is 8.30. The lowest BCUT2D eigenvalue weighted by molar-refractivity contribution is -0.119. The van der Waals surface area contributed by atoms with Crippen molar-refractivity contribution in [2.45, 2.75) is 25.8 Å². The van der Waals surface area contributed by atoms with Crippen molar-refractivity contribution in [2.75, 3.05) is 11.9 Å². The highest BCUT2D eigenvalue weighted by Crippen LogP contribution is 2.33. The fourth-order valence-electron chi connectivity index (χ4n) is 2.78. The molecule has 2 aromatic carbocycles. The molecule has 1 unspecified atom stereocenters. The summed E-state index contributed by atoms with van der Waals surface area (Å²) in [6.07, 6.45) is 1.89. The van der Waals surface area contributed by atoms with Crippen molar-refractivity contribution in [3.63, 3.8) is 0 Å². The van der Waals surface area contributed by atoms with Gasteiger partial charge in [0.25, 0.3) is 5.91 Å². The van der Waals surface area contributed by atoms with Crippen molar-refractivity contribution in [3.05, 3.63) is 65.7 Å². The number of benzene rings is 2. The van der Waals surface area contributed by atoms with Gasteiger partial charge in [-0.1, -0.05) is 42.5 Å². The first-order chi connectivity index (χ1) is 11.6. The van der Waals surface area contributed by atoms with Crippen LogP contribution in [-0.4, -0.2) is 18.9 Å². The summed E-state index contributed by atoms with van der Waals surface area (Å²) in [6, 6.07) is 17.0. The number of hydrogen-bond acceptors (Lipinski definition) is 2. The van der Waals surface area contributed by atoms with E-state index in [1.807, 2.05) is 55.5 Å². The molecular formula is C20H22N2O2. The smallest absolute Gasteiger partial charge is 0.253 e. The third-order valence-corrected chi connectivity index (χ3v) is 4.41. The highest BCUT2D eigenvalue weighted by atomic mass is 16.2. The first kappa shape index (κ1) is 16.2. The van der Waals surface area contributed by atoms with E-state index in [0.717, 1.165) is 18.4 Å². The van der Waals surface area contributed by atoms with Gasteiger partial charge in [-0.15, -0.1) is 0 Å². The Hall–Kier alpha value is -2.62. The molecule has 0 heterocycles. The first-order valence-electron chi connectivity index (χ1n) is 8.30. The van der Waals surface area contributed by atoms with Crippen LogP contribution < -0.4 is 10.2 Å². The zero-order valence-electron chi connectivity index (χ0n) is 14.0. The molecule has 1 atom stereocenters. The fraction of sp³-hybridized carbons (Fsp3) is 0.300. The molecule has 0 aliphatic heterocycles.